The lowest BCUT2D eigenvalue weighted by atomic mass is 9.93. The number of hydrogen-bond acceptors (Lipinski definition) is 4. The van der Waals surface area contributed by atoms with Crippen LogP contribution in [-0.4, -0.2) is 15.0 Å². The quantitative estimate of drug-likeness (QED) is 0.696. The van der Waals surface area contributed by atoms with Crippen LogP contribution in [0.15, 0.2) is 54.6 Å². The molecule has 0 spiro atoms. The zero-order valence-electron chi connectivity index (χ0n) is 12.8. The topological polar surface area (TPSA) is 78.6 Å². The van der Waals surface area contributed by atoms with Crippen LogP contribution in [0, 0.1) is 9.49 Å². The lowest BCUT2D eigenvalue weighted by Gasteiger charge is -2.19. The van der Waals surface area contributed by atoms with E-state index < -0.39 is 10.3 Å². The highest BCUT2D eigenvalue weighted by Gasteiger charge is 2.38. The van der Waals surface area contributed by atoms with Crippen molar-refractivity contribution in [1.82, 2.24) is 0 Å². The molecule has 1 aliphatic heterocycles. The van der Waals surface area contributed by atoms with Crippen LogP contribution < -0.4 is 5.14 Å². The molecule has 1 aliphatic rings. The minimum atomic E-state index is -3.97. The summed E-state index contributed by atoms with van der Waals surface area (Å²) in [5.74, 6) is -0.0931. The minimum Gasteiger partial charge on any atom is -0.365 e. The standard InChI is InChI=1S/C17H18INO4S/c18-15-9-5-4-8-14(15)17-13(11-22-24(19,20)21)10-16(23-17)12-6-2-1-3-7-12/h1-9,13,16-17H,10-11H2,(H2,19,20,21)/t13-,16?,17+/m0/s1. The predicted octanol–water partition coefficient (Wildman–Crippen LogP) is 3.33. The van der Waals surface area contributed by atoms with Crippen LogP contribution in [0.4, 0.5) is 0 Å². The van der Waals surface area contributed by atoms with Gasteiger partial charge in [0.15, 0.2) is 0 Å². The van der Waals surface area contributed by atoms with E-state index in [-0.39, 0.29) is 24.7 Å². The van der Waals surface area contributed by atoms with Crippen LogP contribution in [0.1, 0.15) is 29.8 Å². The summed E-state index contributed by atoms with van der Waals surface area (Å²) in [6.07, 6.45) is 0.348. The molecule has 1 saturated heterocycles. The number of halogens is 1. The molecule has 5 nitrogen and oxygen atoms in total. The first kappa shape index (κ1) is 17.8. The van der Waals surface area contributed by atoms with Crippen molar-refractivity contribution in [2.45, 2.75) is 18.6 Å². The average molecular weight is 459 g/mol. The van der Waals surface area contributed by atoms with Gasteiger partial charge in [-0.1, -0.05) is 48.5 Å². The maximum absolute atomic E-state index is 11.2. The van der Waals surface area contributed by atoms with Gasteiger partial charge in [-0.25, -0.2) is 5.14 Å². The molecule has 3 atom stereocenters. The molecule has 0 bridgehead atoms. The molecule has 2 N–H and O–H groups in total. The highest BCUT2D eigenvalue weighted by molar-refractivity contribution is 14.1. The summed E-state index contributed by atoms with van der Waals surface area (Å²) < 4.78 is 34.5. The van der Waals surface area contributed by atoms with Gasteiger partial charge < -0.3 is 4.74 Å². The highest BCUT2D eigenvalue weighted by atomic mass is 127. The van der Waals surface area contributed by atoms with E-state index in [0.717, 1.165) is 14.7 Å². The lowest BCUT2D eigenvalue weighted by Crippen LogP contribution is -2.22. The van der Waals surface area contributed by atoms with Gasteiger partial charge in [-0.05, 0) is 46.2 Å². The fourth-order valence-corrected chi connectivity index (χ4v) is 4.05. The molecule has 0 aromatic heterocycles. The van der Waals surface area contributed by atoms with Gasteiger partial charge in [0.05, 0.1) is 18.8 Å². The van der Waals surface area contributed by atoms with E-state index in [1.165, 1.54) is 0 Å². The first-order valence-electron chi connectivity index (χ1n) is 7.56. The summed E-state index contributed by atoms with van der Waals surface area (Å²) in [7, 11) is -3.97. The van der Waals surface area contributed by atoms with Gasteiger partial charge in [0.1, 0.15) is 0 Å². The van der Waals surface area contributed by atoms with E-state index in [0.29, 0.717) is 6.42 Å². The smallest absolute Gasteiger partial charge is 0.333 e. The zero-order chi connectivity index (χ0) is 17.2. The molecular formula is C17H18INO4S. The van der Waals surface area contributed by atoms with Crippen LogP contribution in [0.2, 0.25) is 0 Å². The Bertz CT molecular complexity index is 797. The van der Waals surface area contributed by atoms with Crippen molar-refractivity contribution in [2.24, 2.45) is 11.1 Å². The largest absolute Gasteiger partial charge is 0.365 e. The third kappa shape index (κ3) is 4.34. The summed E-state index contributed by atoms with van der Waals surface area (Å²) >= 11 is 2.26. The van der Waals surface area contributed by atoms with Crippen molar-refractivity contribution in [3.63, 3.8) is 0 Å². The summed E-state index contributed by atoms with van der Waals surface area (Å²) in [4.78, 5) is 0. The summed E-state index contributed by atoms with van der Waals surface area (Å²) in [6, 6.07) is 17.8. The van der Waals surface area contributed by atoms with Gasteiger partial charge in [-0.3, -0.25) is 4.18 Å². The summed E-state index contributed by atoms with van der Waals surface area (Å²) in [5, 5.41) is 4.98. The van der Waals surface area contributed by atoms with Crippen molar-refractivity contribution < 1.29 is 17.3 Å². The molecule has 24 heavy (non-hydrogen) atoms. The van der Waals surface area contributed by atoms with E-state index in [2.05, 4.69) is 22.6 Å². The van der Waals surface area contributed by atoms with Crippen LogP contribution in [-0.2, 0) is 19.2 Å². The van der Waals surface area contributed by atoms with E-state index in [9.17, 15) is 8.42 Å². The lowest BCUT2D eigenvalue weighted by molar-refractivity contribution is 0.0266. The van der Waals surface area contributed by atoms with E-state index in [1.54, 1.807) is 0 Å². The van der Waals surface area contributed by atoms with Gasteiger partial charge >= 0.3 is 10.3 Å². The Morgan fingerprint density at radius 3 is 2.46 bits per heavy atom. The van der Waals surface area contributed by atoms with Crippen molar-refractivity contribution >= 4 is 32.9 Å². The highest BCUT2D eigenvalue weighted by Crippen LogP contribution is 2.46. The number of ether oxygens (including phenoxy) is 1. The molecule has 128 valence electrons. The Labute approximate surface area is 155 Å². The molecule has 3 rings (SSSR count). The van der Waals surface area contributed by atoms with Gasteiger partial charge in [-0.15, -0.1) is 0 Å². The van der Waals surface area contributed by atoms with Crippen LogP contribution >= 0.6 is 22.6 Å². The fraction of sp³-hybridized carbons (Fsp3) is 0.294. The van der Waals surface area contributed by atoms with Crippen molar-refractivity contribution in [3.05, 3.63) is 69.3 Å². The van der Waals surface area contributed by atoms with Crippen LogP contribution in [0.3, 0.4) is 0 Å². The number of nitrogens with two attached hydrogens (primary N) is 1. The maximum atomic E-state index is 11.2. The number of hydrogen-bond donors (Lipinski definition) is 1. The average Bonchev–Trinajstić information content (AvgIpc) is 2.98. The molecule has 1 heterocycles. The third-order valence-corrected chi connectivity index (χ3v) is 5.53. The monoisotopic (exact) mass is 459 g/mol. The molecule has 0 aliphatic carbocycles. The Kier molecular flexibility index (Phi) is 5.56. The SMILES string of the molecule is NS(=O)(=O)OC[C@@H]1CC(c2ccccc2)O[C@H]1c1ccccc1I. The molecule has 1 fully saturated rings. The minimum absolute atomic E-state index is 0.0117. The Balaban J connectivity index is 1.86. The number of rotatable bonds is 5. The molecule has 1 unspecified atom stereocenters. The normalized spacial score (nSPS) is 24.2. The molecule has 2 aromatic rings. The predicted molar refractivity (Wildman–Crippen MR) is 99.3 cm³/mol. The van der Waals surface area contributed by atoms with Gasteiger partial charge in [0, 0.05) is 9.49 Å². The van der Waals surface area contributed by atoms with Crippen molar-refractivity contribution in [2.75, 3.05) is 6.61 Å². The zero-order valence-corrected chi connectivity index (χ0v) is 15.8. The molecule has 7 heteroatoms. The Morgan fingerprint density at radius 1 is 1.12 bits per heavy atom. The fourth-order valence-electron chi connectivity index (χ4n) is 3.00. The molecule has 0 saturated carbocycles. The van der Waals surface area contributed by atoms with Gasteiger partial charge in [0.25, 0.3) is 0 Å². The Hall–Kier alpha value is -1.000. The second-order valence-electron chi connectivity index (χ2n) is 5.75. The number of benzene rings is 2. The molecule has 0 amide bonds. The van der Waals surface area contributed by atoms with E-state index in [1.807, 2.05) is 54.6 Å². The molecular weight excluding hydrogens is 441 g/mol. The maximum Gasteiger partial charge on any atom is 0.333 e. The van der Waals surface area contributed by atoms with E-state index >= 15 is 0 Å². The van der Waals surface area contributed by atoms with Crippen LogP contribution in [0.5, 0.6) is 0 Å². The summed E-state index contributed by atoms with van der Waals surface area (Å²) in [6.45, 7) is 0.0117. The molecule has 2 aromatic carbocycles. The van der Waals surface area contributed by atoms with Gasteiger partial charge in [0.2, 0.25) is 0 Å². The summed E-state index contributed by atoms with van der Waals surface area (Å²) in [5.41, 5.74) is 2.12. The van der Waals surface area contributed by atoms with Crippen LogP contribution in [0.25, 0.3) is 0 Å². The molecule has 0 radical (unpaired) electrons. The van der Waals surface area contributed by atoms with E-state index in [4.69, 9.17) is 14.1 Å². The Morgan fingerprint density at radius 2 is 1.79 bits per heavy atom. The second kappa shape index (κ2) is 7.49. The van der Waals surface area contributed by atoms with Crippen molar-refractivity contribution in [3.8, 4) is 0 Å². The first-order chi connectivity index (χ1) is 11.4. The van der Waals surface area contributed by atoms with Crippen molar-refractivity contribution in [1.29, 1.82) is 0 Å². The van der Waals surface area contributed by atoms with Gasteiger partial charge in [-0.2, -0.15) is 8.42 Å². The second-order valence-corrected chi connectivity index (χ2v) is 8.13. The first-order valence-corrected chi connectivity index (χ1v) is 10.1. The third-order valence-electron chi connectivity index (χ3n) is 4.09.